The molecule has 1 aliphatic carbocycles. The lowest BCUT2D eigenvalue weighted by molar-refractivity contribution is -0.144. The van der Waals surface area contributed by atoms with Gasteiger partial charge in [0.25, 0.3) is 5.91 Å². The van der Waals surface area contributed by atoms with Crippen molar-refractivity contribution in [3.8, 4) is 5.75 Å². The number of rotatable bonds is 9. The summed E-state index contributed by atoms with van der Waals surface area (Å²) in [6.07, 6.45) is 4.50. The Labute approximate surface area is 235 Å². The van der Waals surface area contributed by atoms with E-state index < -0.39 is 0 Å². The first-order valence-corrected chi connectivity index (χ1v) is 14.3. The molecule has 2 aromatic rings. The molecular weight excluding hydrogens is 516 g/mol. The summed E-state index contributed by atoms with van der Waals surface area (Å²) in [5.74, 6) is 0.651. The first-order valence-electron chi connectivity index (χ1n) is 13.9. The van der Waals surface area contributed by atoms with Crippen molar-refractivity contribution in [2.45, 2.75) is 38.1 Å². The van der Waals surface area contributed by atoms with Crippen LogP contribution in [0.4, 0.5) is 0 Å². The molecule has 0 unspecified atom stereocenters. The molecule has 0 N–H and O–H groups in total. The first-order chi connectivity index (χ1) is 19.0. The van der Waals surface area contributed by atoms with Crippen LogP contribution in [-0.4, -0.2) is 85.4 Å². The molecule has 8 nitrogen and oxygen atoms in total. The van der Waals surface area contributed by atoms with Crippen molar-refractivity contribution in [3.05, 3.63) is 64.7 Å². The lowest BCUT2D eigenvalue weighted by atomic mass is 9.98. The van der Waals surface area contributed by atoms with Crippen molar-refractivity contribution < 1.29 is 19.1 Å². The van der Waals surface area contributed by atoms with E-state index in [0.717, 1.165) is 67.9 Å². The SMILES string of the molecule is COc1cccc(C2=NN(C(=O)CN(CCN3CCOCC3)C(=O)C3CCCC3)[C@H](c3ccc(Cl)cc3)C2)c1. The highest BCUT2D eigenvalue weighted by Gasteiger charge is 2.36. The van der Waals surface area contributed by atoms with Crippen molar-refractivity contribution in [1.82, 2.24) is 14.8 Å². The number of carbonyl (C=O) groups is 2. The van der Waals surface area contributed by atoms with Crippen LogP contribution in [0.5, 0.6) is 5.75 Å². The highest BCUT2D eigenvalue weighted by molar-refractivity contribution is 6.30. The van der Waals surface area contributed by atoms with Crippen LogP contribution in [0.25, 0.3) is 0 Å². The maximum absolute atomic E-state index is 13.9. The Morgan fingerprint density at radius 1 is 1.10 bits per heavy atom. The van der Waals surface area contributed by atoms with Gasteiger partial charge in [0.2, 0.25) is 5.91 Å². The molecule has 208 valence electrons. The third kappa shape index (κ3) is 6.80. The quantitative estimate of drug-likeness (QED) is 0.461. The molecule has 39 heavy (non-hydrogen) atoms. The second-order valence-electron chi connectivity index (χ2n) is 10.5. The summed E-state index contributed by atoms with van der Waals surface area (Å²) in [4.78, 5) is 31.5. The van der Waals surface area contributed by atoms with Crippen LogP contribution in [0, 0.1) is 5.92 Å². The van der Waals surface area contributed by atoms with E-state index in [0.29, 0.717) is 31.2 Å². The van der Waals surface area contributed by atoms with Gasteiger partial charge in [0.1, 0.15) is 12.3 Å². The second kappa shape index (κ2) is 12.9. The summed E-state index contributed by atoms with van der Waals surface area (Å²) in [7, 11) is 1.63. The largest absolute Gasteiger partial charge is 0.497 e. The summed E-state index contributed by atoms with van der Waals surface area (Å²) in [5.41, 5.74) is 2.68. The third-order valence-electron chi connectivity index (χ3n) is 7.96. The summed E-state index contributed by atoms with van der Waals surface area (Å²) >= 11 is 6.16. The van der Waals surface area contributed by atoms with Gasteiger partial charge < -0.3 is 14.4 Å². The van der Waals surface area contributed by atoms with Gasteiger partial charge in [0, 0.05) is 49.1 Å². The van der Waals surface area contributed by atoms with Crippen molar-refractivity contribution >= 4 is 29.1 Å². The average molecular weight is 553 g/mol. The van der Waals surface area contributed by atoms with Crippen LogP contribution in [0.3, 0.4) is 0 Å². The summed E-state index contributed by atoms with van der Waals surface area (Å²) in [6, 6.07) is 15.0. The van der Waals surface area contributed by atoms with Crippen molar-refractivity contribution in [2.24, 2.45) is 11.0 Å². The molecule has 1 saturated heterocycles. The van der Waals surface area contributed by atoms with Gasteiger partial charge in [0.05, 0.1) is 32.1 Å². The van der Waals surface area contributed by atoms with Crippen LogP contribution >= 0.6 is 11.6 Å². The number of benzene rings is 2. The molecule has 2 aliphatic heterocycles. The predicted molar refractivity (Wildman–Crippen MR) is 151 cm³/mol. The molecule has 1 saturated carbocycles. The number of hydrogen-bond acceptors (Lipinski definition) is 6. The molecule has 0 aromatic heterocycles. The maximum Gasteiger partial charge on any atom is 0.262 e. The zero-order valence-electron chi connectivity index (χ0n) is 22.6. The number of carbonyl (C=O) groups excluding carboxylic acids is 2. The van der Waals surface area contributed by atoms with Crippen LogP contribution in [-0.2, 0) is 14.3 Å². The van der Waals surface area contributed by atoms with Gasteiger partial charge in [-0.05, 0) is 42.7 Å². The van der Waals surface area contributed by atoms with Crippen LogP contribution in [0.15, 0.2) is 53.6 Å². The van der Waals surface area contributed by atoms with E-state index >= 15 is 0 Å². The van der Waals surface area contributed by atoms with Gasteiger partial charge in [-0.25, -0.2) is 5.01 Å². The van der Waals surface area contributed by atoms with Crippen molar-refractivity contribution in [2.75, 3.05) is 53.0 Å². The fraction of sp³-hybridized carbons (Fsp3) is 0.500. The number of amides is 2. The molecule has 3 aliphatic rings. The van der Waals surface area contributed by atoms with Crippen LogP contribution in [0.2, 0.25) is 5.02 Å². The Morgan fingerprint density at radius 2 is 1.85 bits per heavy atom. The molecule has 0 spiro atoms. The second-order valence-corrected chi connectivity index (χ2v) is 10.9. The van der Waals surface area contributed by atoms with E-state index in [-0.39, 0.29) is 30.3 Å². The third-order valence-corrected chi connectivity index (χ3v) is 8.21. The molecule has 2 aromatic carbocycles. The van der Waals surface area contributed by atoms with E-state index in [1.54, 1.807) is 17.0 Å². The van der Waals surface area contributed by atoms with Gasteiger partial charge in [0.15, 0.2) is 0 Å². The zero-order chi connectivity index (χ0) is 27.2. The Balaban J connectivity index is 1.38. The number of nitrogens with zero attached hydrogens (tertiary/aromatic N) is 4. The van der Waals surface area contributed by atoms with Crippen LogP contribution in [0.1, 0.15) is 49.3 Å². The van der Waals surface area contributed by atoms with E-state index in [1.807, 2.05) is 48.5 Å². The minimum atomic E-state index is -0.279. The molecule has 1 atom stereocenters. The number of morpholine rings is 1. The molecule has 2 heterocycles. The monoisotopic (exact) mass is 552 g/mol. The van der Waals surface area contributed by atoms with Crippen molar-refractivity contribution in [1.29, 1.82) is 0 Å². The molecule has 9 heteroatoms. The summed E-state index contributed by atoms with van der Waals surface area (Å²) < 4.78 is 10.9. The maximum atomic E-state index is 13.9. The van der Waals surface area contributed by atoms with Gasteiger partial charge in [-0.15, -0.1) is 0 Å². The molecule has 0 bridgehead atoms. The first kappa shape index (κ1) is 27.6. The van der Waals surface area contributed by atoms with E-state index in [4.69, 9.17) is 26.2 Å². The highest BCUT2D eigenvalue weighted by Crippen LogP contribution is 2.34. The fourth-order valence-corrected chi connectivity index (χ4v) is 5.81. The number of methoxy groups -OCH3 is 1. The Hall–Kier alpha value is -2.94. The normalized spacial score (nSPS) is 20.2. The minimum absolute atomic E-state index is 0.00368. The minimum Gasteiger partial charge on any atom is -0.497 e. The number of ether oxygens (including phenoxy) is 2. The predicted octanol–water partition coefficient (Wildman–Crippen LogP) is 4.38. The molecule has 2 fully saturated rings. The summed E-state index contributed by atoms with van der Waals surface area (Å²) in [6.45, 7) is 4.36. The van der Waals surface area contributed by atoms with Crippen molar-refractivity contribution in [3.63, 3.8) is 0 Å². The molecule has 0 radical (unpaired) electrons. The Morgan fingerprint density at radius 3 is 2.56 bits per heavy atom. The number of hydrazone groups is 1. The van der Waals surface area contributed by atoms with E-state index in [2.05, 4.69) is 4.90 Å². The lowest BCUT2D eigenvalue weighted by Crippen LogP contribution is -2.47. The van der Waals surface area contributed by atoms with E-state index in [1.165, 1.54) is 0 Å². The standard InChI is InChI=1S/C30H37ClN4O4/c1-38-26-8-4-7-24(19-26)27-20-28(22-9-11-25(31)12-10-22)35(32-27)29(36)21-34(30(37)23-5-2-3-6-23)14-13-33-15-17-39-18-16-33/h4,7-12,19,23,28H,2-3,5-6,13-18,20-21H2,1H3/t28-/m0/s1. The zero-order valence-corrected chi connectivity index (χ0v) is 23.3. The fourth-order valence-electron chi connectivity index (χ4n) is 5.68. The van der Waals surface area contributed by atoms with Gasteiger partial charge in [-0.3, -0.25) is 14.5 Å². The van der Waals surface area contributed by atoms with Crippen LogP contribution < -0.4 is 4.74 Å². The Bertz CT molecular complexity index is 1180. The Kier molecular flexibility index (Phi) is 9.17. The number of hydrogen-bond donors (Lipinski definition) is 0. The molecular formula is C30H37ClN4O4. The van der Waals surface area contributed by atoms with Gasteiger partial charge >= 0.3 is 0 Å². The average Bonchev–Trinajstić information content (AvgIpc) is 3.67. The van der Waals surface area contributed by atoms with Gasteiger partial charge in [-0.1, -0.05) is 48.7 Å². The highest BCUT2D eigenvalue weighted by atomic mass is 35.5. The molecule has 5 rings (SSSR count). The topological polar surface area (TPSA) is 74.7 Å². The molecule has 2 amide bonds. The lowest BCUT2D eigenvalue weighted by Gasteiger charge is -2.32. The van der Waals surface area contributed by atoms with E-state index in [9.17, 15) is 9.59 Å². The van der Waals surface area contributed by atoms with Gasteiger partial charge in [-0.2, -0.15) is 5.10 Å². The summed E-state index contributed by atoms with van der Waals surface area (Å²) in [5, 5.41) is 7.03. The number of halogens is 1. The smallest absolute Gasteiger partial charge is 0.262 e.